The first-order chi connectivity index (χ1) is 15.5. The SMILES string of the molecule is O=S(=O)(c1ccc2c(c1)OCCO2)c1nc(-c2cccc(Cl)c2)oc1NCc1ccco1. The van der Waals surface area contributed by atoms with Gasteiger partial charge in [0.1, 0.15) is 19.0 Å². The molecule has 2 aromatic heterocycles. The van der Waals surface area contributed by atoms with Gasteiger partial charge < -0.3 is 23.6 Å². The maximum absolute atomic E-state index is 13.5. The van der Waals surface area contributed by atoms with Crippen LogP contribution in [0.25, 0.3) is 11.5 Å². The molecule has 0 atom stereocenters. The van der Waals surface area contributed by atoms with E-state index in [4.69, 9.17) is 29.9 Å². The number of furan rings is 1. The van der Waals surface area contributed by atoms with Gasteiger partial charge in [-0.1, -0.05) is 17.7 Å². The van der Waals surface area contributed by atoms with E-state index in [1.807, 2.05) is 0 Å². The molecule has 0 aliphatic carbocycles. The standard InChI is InChI=1S/C22H17ClN2O6S/c23-15-4-1-3-14(11-15)20-25-22(21(31-20)24-13-16-5-2-8-28-16)32(26,27)17-6-7-18-19(12-17)30-10-9-29-18/h1-8,11-12,24H,9-10,13H2. The average molecular weight is 473 g/mol. The molecule has 0 saturated carbocycles. The first kappa shape index (κ1) is 20.5. The Balaban J connectivity index is 1.57. The number of nitrogens with one attached hydrogen (secondary N) is 1. The Morgan fingerprint density at radius 1 is 1.00 bits per heavy atom. The normalized spacial score (nSPS) is 13.2. The minimum atomic E-state index is -4.06. The van der Waals surface area contributed by atoms with E-state index in [9.17, 15) is 8.42 Å². The smallest absolute Gasteiger partial charge is 0.234 e. The molecule has 1 N–H and O–H groups in total. The van der Waals surface area contributed by atoms with Crippen molar-refractivity contribution in [3.63, 3.8) is 0 Å². The highest BCUT2D eigenvalue weighted by Gasteiger charge is 2.30. The summed E-state index contributed by atoms with van der Waals surface area (Å²) in [7, 11) is -4.06. The van der Waals surface area contributed by atoms with Crippen molar-refractivity contribution in [2.45, 2.75) is 16.5 Å². The van der Waals surface area contributed by atoms with Crippen molar-refractivity contribution < 1.29 is 26.7 Å². The second kappa shape index (κ2) is 8.25. The number of oxazole rings is 1. The van der Waals surface area contributed by atoms with Gasteiger partial charge in [0.05, 0.1) is 17.7 Å². The summed E-state index contributed by atoms with van der Waals surface area (Å²) in [4.78, 5) is 4.31. The third-order valence-corrected chi connectivity index (χ3v) is 6.64. The Bertz CT molecular complexity index is 1370. The minimum Gasteiger partial charge on any atom is -0.486 e. The molecule has 2 aromatic carbocycles. The molecule has 0 bridgehead atoms. The number of hydrogen-bond donors (Lipinski definition) is 1. The zero-order chi connectivity index (χ0) is 22.1. The van der Waals surface area contributed by atoms with Crippen LogP contribution >= 0.6 is 11.6 Å². The Morgan fingerprint density at radius 3 is 2.62 bits per heavy atom. The molecule has 0 unspecified atom stereocenters. The lowest BCUT2D eigenvalue weighted by molar-refractivity contribution is 0.171. The first-order valence-corrected chi connectivity index (χ1v) is 11.5. The topological polar surface area (TPSA) is 104 Å². The second-order valence-electron chi connectivity index (χ2n) is 6.91. The predicted molar refractivity (Wildman–Crippen MR) is 116 cm³/mol. The van der Waals surface area contributed by atoms with Crippen LogP contribution in [-0.2, 0) is 16.4 Å². The van der Waals surface area contributed by atoms with Gasteiger partial charge in [0.25, 0.3) is 0 Å². The summed E-state index contributed by atoms with van der Waals surface area (Å²) in [6, 6.07) is 14.7. The molecule has 4 aromatic rings. The zero-order valence-corrected chi connectivity index (χ0v) is 18.2. The third-order valence-electron chi connectivity index (χ3n) is 4.75. The van der Waals surface area contributed by atoms with Gasteiger partial charge in [-0.25, -0.2) is 8.42 Å². The molecular weight excluding hydrogens is 456 g/mol. The van der Waals surface area contributed by atoms with Gasteiger partial charge in [-0.05, 0) is 42.5 Å². The lowest BCUT2D eigenvalue weighted by atomic mass is 10.2. The molecule has 0 radical (unpaired) electrons. The van der Waals surface area contributed by atoms with Crippen molar-refractivity contribution in [3.8, 4) is 23.0 Å². The summed E-state index contributed by atoms with van der Waals surface area (Å²) in [6.45, 7) is 0.961. The Kier molecular flexibility index (Phi) is 5.28. The Hall–Kier alpha value is -3.43. The van der Waals surface area contributed by atoms with E-state index < -0.39 is 9.84 Å². The van der Waals surface area contributed by atoms with Crippen LogP contribution in [0.1, 0.15) is 5.76 Å². The summed E-state index contributed by atoms with van der Waals surface area (Å²) < 4.78 is 49.2. The highest BCUT2D eigenvalue weighted by Crippen LogP contribution is 2.37. The molecule has 0 amide bonds. The van der Waals surface area contributed by atoms with Gasteiger partial charge in [0.15, 0.2) is 11.5 Å². The summed E-state index contributed by atoms with van der Waals surface area (Å²) in [6.07, 6.45) is 1.53. The van der Waals surface area contributed by atoms with E-state index in [-0.39, 0.29) is 28.2 Å². The number of hydrogen-bond acceptors (Lipinski definition) is 8. The Labute approximate surface area is 188 Å². The molecule has 0 saturated heterocycles. The van der Waals surface area contributed by atoms with Crippen LogP contribution in [0.3, 0.4) is 0 Å². The molecule has 5 rings (SSSR count). The van der Waals surface area contributed by atoms with Crippen LogP contribution in [0.2, 0.25) is 5.02 Å². The molecule has 3 heterocycles. The van der Waals surface area contributed by atoms with Crippen molar-refractivity contribution in [1.29, 1.82) is 0 Å². The predicted octanol–water partition coefficient (Wildman–Crippen LogP) is 4.80. The number of anilines is 1. The largest absolute Gasteiger partial charge is 0.486 e. The number of fused-ring (bicyclic) bond motifs is 1. The first-order valence-electron chi connectivity index (χ1n) is 9.68. The fraction of sp³-hybridized carbons (Fsp3) is 0.136. The highest BCUT2D eigenvalue weighted by molar-refractivity contribution is 7.91. The van der Waals surface area contributed by atoms with Crippen molar-refractivity contribution in [1.82, 2.24) is 4.98 Å². The van der Waals surface area contributed by atoms with Crippen LogP contribution in [-0.4, -0.2) is 26.6 Å². The van der Waals surface area contributed by atoms with Crippen molar-refractivity contribution in [3.05, 3.63) is 71.6 Å². The molecule has 32 heavy (non-hydrogen) atoms. The molecule has 0 fully saturated rings. The van der Waals surface area contributed by atoms with Crippen LogP contribution in [0.15, 0.2) is 79.6 Å². The molecule has 10 heteroatoms. The lowest BCUT2D eigenvalue weighted by Gasteiger charge is -2.18. The maximum atomic E-state index is 13.5. The van der Waals surface area contributed by atoms with Crippen LogP contribution in [0.5, 0.6) is 11.5 Å². The van der Waals surface area contributed by atoms with Crippen molar-refractivity contribution in [2.24, 2.45) is 0 Å². The van der Waals surface area contributed by atoms with Gasteiger partial charge in [-0.3, -0.25) is 0 Å². The van der Waals surface area contributed by atoms with E-state index in [1.165, 1.54) is 18.4 Å². The van der Waals surface area contributed by atoms with Gasteiger partial charge in [-0.2, -0.15) is 4.98 Å². The fourth-order valence-corrected chi connectivity index (χ4v) is 4.71. The second-order valence-corrected chi connectivity index (χ2v) is 9.21. The van der Waals surface area contributed by atoms with Gasteiger partial charge in [-0.15, -0.1) is 0 Å². The quantitative estimate of drug-likeness (QED) is 0.426. The third kappa shape index (κ3) is 3.92. The minimum absolute atomic E-state index is 0.00809. The van der Waals surface area contributed by atoms with Gasteiger partial charge >= 0.3 is 0 Å². The fourth-order valence-electron chi connectivity index (χ4n) is 3.23. The maximum Gasteiger partial charge on any atom is 0.234 e. The van der Waals surface area contributed by atoms with E-state index in [0.29, 0.717) is 41.1 Å². The molecular formula is C22H17ClN2O6S. The summed E-state index contributed by atoms with van der Waals surface area (Å²) in [5.74, 6) is 1.57. The summed E-state index contributed by atoms with van der Waals surface area (Å²) in [5.41, 5.74) is 0.544. The zero-order valence-electron chi connectivity index (χ0n) is 16.6. The number of halogens is 1. The molecule has 0 spiro atoms. The average Bonchev–Trinajstić information content (AvgIpc) is 3.47. The van der Waals surface area contributed by atoms with E-state index in [1.54, 1.807) is 42.5 Å². The monoisotopic (exact) mass is 472 g/mol. The van der Waals surface area contributed by atoms with E-state index in [0.717, 1.165) is 0 Å². The van der Waals surface area contributed by atoms with E-state index >= 15 is 0 Å². The number of rotatable bonds is 6. The number of sulfone groups is 1. The number of benzene rings is 2. The van der Waals surface area contributed by atoms with Crippen LogP contribution in [0.4, 0.5) is 5.88 Å². The van der Waals surface area contributed by atoms with Gasteiger partial charge in [0.2, 0.25) is 26.6 Å². The van der Waals surface area contributed by atoms with Crippen molar-refractivity contribution in [2.75, 3.05) is 18.5 Å². The molecule has 1 aliphatic rings. The highest BCUT2D eigenvalue weighted by atomic mass is 35.5. The van der Waals surface area contributed by atoms with Crippen molar-refractivity contribution >= 4 is 27.3 Å². The number of nitrogens with zero attached hydrogens (tertiary/aromatic N) is 1. The number of aromatic nitrogens is 1. The van der Waals surface area contributed by atoms with Crippen LogP contribution < -0.4 is 14.8 Å². The van der Waals surface area contributed by atoms with Crippen LogP contribution in [0, 0.1) is 0 Å². The van der Waals surface area contributed by atoms with E-state index in [2.05, 4.69) is 10.3 Å². The number of ether oxygens (including phenoxy) is 2. The molecule has 1 aliphatic heterocycles. The molecule has 164 valence electrons. The summed E-state index contributed by atoms with van der Waals surface area (Å²) >= 11 is 6.08. The summed E-state index contributed by atoms with van der Waals surface area (Å²) in [5, 5.41) is 3.19. The lowest BCUT2D eigenvalue weighted by Crippen LogP contribution is -2.16. The van der Waals surface area contributed by atoms with Gasteiger partial charge in [0, 0.05) is 16.7 Å². The molecule has 8 nitrogen and oxygen atoms in total. The Morgan fingerprint density at radius 2 is 1.84 bits per heavy atom.